The van der Waals surface area contributed by atoms with Crippen LogP contribution in [0.3, 0.4) is 0 Å². The highest BCUT2D eigenvalue weighted by Crippen LogP contribution is 2.20. The fourth-order valence-corrected chi connectivity index (χ4v) is 4.40. The predicted octanol–water partition coefficient (Wildman–Crippen LogP) is -0.630. The number of carboxylic acids is 1. The third-order valence-electron chi connectivity index (χ3n) is 5.93. The van der Waals surface area contributed by atoms with E-state index in [0.717, 1.165) is 6.42 Å². The molecule has 1 heterocycles. The van der Waals surface area contributed by atoms with E-state index in [9.17, 15) is 24.3 Å². The Morgan fingerprint density at radius 2 is 1.59 bits per heavy atom. The van der Waals surface area contributed by atoms with Crippen molar-refractivity contribution in [1.29, 1.82) is 0 Å². The lowest BCUT2D eigenvalue weighted by Gasteiger charge is -2.29. The molecule has 0 spiro atoms. The summed E-state index contributed by atoms with van der Waals surface area (Å²) < 4.78 is 0. The molecule has 0 radical (unpaired) electrons. The summed E-state index contributed by atoms with van der Waals surface area (Å²) in [5, 5.41) is 15.0. The topological polar surface area (TPSA) is 194 Å². The van der Waals surface area contributed by atoms with Crippen molar-refractivity contribution >= 4 is 35.5 Å². The molecule has 0 bridgehead atoms. The quantitative estimate of drug-likeness (QED) is 0.140. The summed E-state index contributed by atoms with van der Waals surface area (Å²) in [6.07, 6.45) is 6.81. The van der Waals surface area contributed by atoms with E-state index in [2.05, 4.69) is 10.6 Å². The molecule has 0 aliphatic carbocycles. The number of likely N-dealkylation sites (tertiary alicyclic amines) is 1. The summed E-state index contributed by atoms with van der Waals surface area (Å²) in [5.74, 6) is -1.74. The molecule has 9 N–H and O–H groups in total. The Balaban J connectivity index is 2.91. The summed E-state index contributed by atoms with van der Waals surface area (Å²) in [6, 6.07) is -3.37. The average molecular weight is 503 g/mol. The van der Waals surface area contributed by atoms with Gasteiger partial charge in [-0.1, -0.05) is 6.42 Å². The fraction of sp³-hybridized carbons (Fsp3) is 0.818. The summed E-state index contributed by atoms with van der Waals surface area (Å²) in [5.41, 5.74) is 17.0. The molecule has 1 aliphatic heterocycles. The third kappa shape index (κ3) is 10.2. The van der Waals surface area contributed by atoms with Crippen LogP contribution in [0.1, 0.15) is 57.8 Å². The first-order valence-electron chi connectivity index (χ1n) is 12.0. The Labute approximate surface area is 206 Å². The standard InChI is InChI=1S/C22H42N6O5S/c1-34-14-10-16(26-19(29)15(25)7-2-4-11-23)20(30)27-17(8-3-5-12-24)21(31)28-13-6-9-18(28)22(32)33/h15-18H,2-14,23-25H2,1H3,(H,26,29)(H,27,30)(H,32,33). The molecule has 11 nitrogen and oxygen atoms in total. The van der Waals surface area contributed by atoms with Gasteiger partial charge in [-0.3, -0.25) is 14.4 Å². The van der Waals surface area contributed by atoms with E-state index in [1.54, 1.807) is 0 Å². The lowest BCUT2D eigenvalue weighted by molar-refractivity contribution is -0.149. The number of carbonyl (C=O) groups excluding carboxylic acids is 3. The van der Waals surface area contributed by atoms with Crippen LogP contribution in [-0.2, 0) is 19.2 Å². The van der Waals surface area contributed by atoms with Crippen LogP contribution < -0.4 is 27.8 Å². The van der Waals surface area contributed by atoms with Gasteiger partial charge in [0.15, 0.2) is 0 Å². The van der Waals surface area contributed by atoms with Crippen LogP contribution in [0.25, 0.3) is 0 Å². The minimum Gasteiger partial charge on any atom is -0.480 e. The minimum atomic E-state index is -1.05. The normalized spacial score (nSPS) is 18.2. The molecular weight excluding hydrogens is 460 g/mol. The zero-order valence-electron chi connectivity index (χ0n) is 20.2. The number of carbonyl (C=O) groups is 4. The highest BCUT2D eigenvalue weighted by atomic mass is 32.2. The van der Waals surface area contributed by atoms with Crippen LogP contribution in [0.2, 0.25) is 0 Å². The van der Waals surface area contributed by atoms with E-state index in [1.165, 1.54) is 16.7 Å². The molecule has 34 heavy (non-hydrogen) atoms. The molecular formula is C22H42N6O5S. The second-order valence-electron chi connectivity index (χ2n) is 8.61. The van der Waals surface area contributed by atoms with Crippen molar-refractivity contribution in [1.82, 2.24) is 15.5 Å². The number of nitrogens with one attached hydrogen (secondary N) is 2. The van der Waals surface area contributed by atoms with Crippen molar-refractivity contribution in [3.63, 3.8) is 0 Å². The predicted molar refractivity (Wildman–Crippen MR) is 133 cm³/mol. The summed E-state index contributed by atoms with van der Waals surface area (Å²) in [7, 11) is 0. The van der Waals surface area contributed by atoms with E-state index in [1.807, 2.05) is 6.26 Å². The molecule has 0 aromatic rings. The maximum absolute atomic E-state index is 13.2. The molecule has 4 atom stereocenters. The van der Waals surface area contributed by atoms with Gasteiger partial charge in [0.05, 0.1) is 6.04 Å². The van der Waals surface area contributed by atoms with E-state index in [-0.39, 0.29) is 0 Å². The van der Waals surface area contributed by atoms with Gasteiger partial charge >= 0.3 is 5.97 Å². The first kappa shape index (κ1) is 30.1. The first-order valence-corrected chi connectivity index (χ1v) is 13.4. The Morgan fingerprint density at radius 3 is 2.18 bits per heavy atom. The zero-order chi connectivity index (χ0) is 25.5. The van der Waals surface area contributed by atoms with Crippen LogP contribution in [-0.4, -0.2) is 89.5 Å². The van der Waals surface area contributed by atoms with E-state index >= 15 is 0 Å². The van der Waals surface area contributed by atoms with Gasteiger partial charge in [0.1, 0.15) is 18.1 Å². The summed E-state index contributed by atoms with van der Waals surface area (Å²) in [4.78, 5) is 51.8. The van der Waals surface area contributed by atoms with E-state index < -0.39 is 47.9 Å². The number of aliphatic carboxylic acids is 1. The van der Waals surface area contributed by atoms with Crippen molar-refractivity contribution < 1.29 is 24.3 Å². The van der Waals surface area contributed by atoms with Crippen molar-refractivity contribution in [3.8, 4) is 0 Å². The monoisotopic (exact) mass is 502 g/mol. The Hall–Kier alpha value is -1.89. The lowest BCUT2D eigenvalue weighted by atomic mass is 10.1. The number of hydrogen-bond donors (Lipinski definition) is 6. The van der Waals surface area contributed by atoms with Gasteiger partial charge in [-0.25, -0.2) is 4.79 Å². The van der Waals surface area contributed by atoms with Gasteiger partial charge in [-0.2, -0.15) is 11.8 Å². The highest BCUT2D eigenvalue weighted by molar-refractivity contribution is 7.98. The second-order valence-corrected chi connectivity index (χ2v) is 9.59. The summed E-state index contributed by atoms with van der Waals surface area (Å²) >= 11 is 1.53. The minimum absolute atomic E-state index is 0.337. The smallest absolute Gasteiger partial charge is 0.326 e. The van der Waals surface area contributed by atoms with Gasteiger partial charge in [-0.15, -0.1) is 0 Å². The average Bonchev–Trinajstić information content (AvgIpc) is 3.31. The number of hydrogen-bond acceptors (Lipinski definition) is 8. The number of nitrogens with zero attached hydrogens (tertiary/aromatic N) is 1. The van der Waals surface area contributed by atoms with Crippen molar-refractivity contribution in [2.75, 3.05) is 31.6 Å². The van der Waals surface area contributed by atoms with Crippen LogP contribution in [0, 0.1) is 0 Å². The Kier molecular flexibility index (Phi) is 14.8. The van der Waals surface area contributed by atoms with Gasteiger partial charge in [0, 0.05) is 6.54 Å². The molecule has 0 saturated carbocycles. The van der Waals surface area contributed by atoms with Gasteiger partial charge in [-0.05, 0) is 76.5 Å². The van der Waals surface area contributed by atoms with Gasteiger partial charge < -0.3 is 37.8 Å². The Morgan fingerprint density at radius 1 is 0.971 bits per heavy atom. The molecule has 0 aromatic heterocycles. The highest BCUT2D eigenvalue weighted by Gasteiger charge is 2.38. The van der Waals surface area contributed by atoms with Crippen LogP contribution >= 0.6 is 11.8 Å². The van der Waals surface area contributed by atoms with E-state index in [4.69, 9.17) is 17.2 Å². The lowest BCUT2D eigenvalue weighted by Crippen LogP contribution is -2.57. The second kappa shape index (κ2) is 16.7. The molecule has 3 amide bonds. The van der Waals surface area contributed by atoms with Crippen molar-refractivity contribution in [3.05, 3.63) is 0 Å². The number of amides is 3. The SMILES string of the molecule is CSCCC(NC(=O)C(N)CCCCN)C(=O)NC(CCCCN)C(=O)N1CCCC1C(=O)O. The molecule has 12 heteroatoms. The van der Waals surface area contributed by atoms with Crippen molar-refractivity contribution in [2.45, 2.75) is 82.0 Å². The molecule has 1 rings (SSSR count). The van der Waals surface area contributed by atoms with E-state index in [0.29, 0.717) is 76.8 Å². The molecule has 1 aliphatic rings. The number of carboxylic acid groups (broad SMARTS) is 1. The van der Waals surface area contributed by atoms with Crippen molar-refractivity contribution in [2.24, 2.45) is 17.2 Å². The molecule has 4 unspecified atom stereocenters. The molecule has 1 fully saturated rings. The number of rotatable bonds is 17. The first-order chi connectivity index (χ1) is 16.3. The zero-order valence-corrected chi connectivity index (χ0v) is 21.0. The largest absolute Gasteiger partial charge is 0.480 e. The fourth-order valence-electron chi connectivity index (χ4n) is 3.93. The summed E-state index contributed by atoms with van der Waals surface area (Å²) in [6.45, 7) is 1.31. The molecule has 0 aromatic carbocycles. The molecule has 196 valence electrons. The van der Waals surface area contributed by atoms with Gasteiger partial charge in [0.25, 0.3) is 0 Å². The maximum atomic E-state index is 13.2. The third-order valence-corrected chi connectivity index (χ3v) is 6.58. The number of nitrogens with two attached hydrogens (primary N) is 3. The Bertz CT molecular complexity index is 668. The molecule has 1 saturated heterocycles. The van der Waals surface area contributed by atoms with Crippen LogP contribution in [0.15, 0.2) is 0 Å². The number of unbranched alkanes of at least 4 members (excludes halogenated alkanes) is 2. The van der Waals surface area contributed by atoms with Crippen LogP contribution in [0.5, 0.6) is 0 Å². The van der Waals surface area contributed by atoms with Crippen LogP contribution in [0.4, 0.5) is 0 Å². The number of thioether (sulfide) groups is 1. The van der Waals surface area contributed by atoms with Gasteiger partial charge in [0.2, 0.25) is 17.7 Å². The maximum Gasteiger partial charge on any atom is 0.326 e.